The number of carbonyl (C=O) groups is 1. The molecule has 0 saturated carbocycles. The molecule has 6 heteroatoms. The number of rotatable bonds is 1. The lowest BCUT2D eigenvalue weighted by molar-refractivity contribution is -0.0107. The van der Waals surface area contributed by atoms with Crippen molar-refractivity contribution in [2.75, 3.05) is 13.1 Å². The first-order valence-electron chi connectivity index (χ1n) is 5.73. The normalized spacial score (nSPS) is 24.1. The first-order chi connectivity index (χ1) is 8.39. The monoisotopic (exact) mass is 288 g/mol. The molecule has 1 unspecified atom stereocenters. The summed E-state index contributed by atoms with van der Waals surface area (Å²) in [5.74, 6) is -0.218. The maximum atomic E-state index is 12.3. The van der Waals surface area contributed by atoms with Gasteiger partial charge in [-0.25, -0.2) is 4.98 Å². The van der Waals surface area contributed by atoms with Gasteiger partial charge in [-0.05, 0) is 31.9 Å². The summed E-state index contributed by atoms with van der Waals surface area (Å²) in [5.41, 5.74) is -0.515. The van der Waals surface area contributed by atoms with E-state index in [2.05, 4.69) is 4.98 Å². The second-order valence-electron chi connectivity index (χ2n) is 4.80. The molecule has 0 spiro atoms. The Morgan fingerprint density at radius 1 is 1.50 bits per heavy atom. The van der Waals surface area contributed by atoms with E-state index in [0.29, 0.717) is 25.1 Å². The van der Waals surface area contributed by atoms with Gasteiger partial charge in [-0.2, -0.15) is 0 Å². The number of likely N-dealkylation sites (tertiary alicyclic amines) is 1. The second-order valence-corrected chi connectivity index (χ2v) is 5.54. The van der Waals surface area contributed by atoms with Crippen LogP contribution in [0, 0.1) is 0 Å². The van der Waals surface area contributed by atoms with Crippen LogP contribution >= 0.6 is 23.2 Å². The quantitative estimate of drug-likeness (QED) is 0.808. The van der Waals surface area contributed by atoms with E-state index >= 15 is 0 Å². The average molecular weight is 289 g/mol. The highest BCUT2D eigenvalue weighted by Gasteiger charge is 2.32. The Kier molecular flexibility index (Phi) is 3.80. The molecule has 4 nitrogen and oxygen atoms in total. The summed E-state index contributed by atoms with van der Waals surface area (Å²) in [6.45, 7) is 2.66. The number of hydrogen-bond donors (Lipinski definition) is 1. The highest BCUT2D eigenvalue weighted by molar-refractivity contribution is 6.34. The number of amides is 1. The predicted molar refractivity (Wildman–Crippen MR) is 70.0 cm³/mol. The molecular weight excluding hydrogens is 275 g/mol. The number of carbonyl (C=O) groups excluding carboxylic acids is 1. The lowest BCUT2D eigenvalue weighted by Crippen LogP contribution is -2.48. The fourth-order valence-electron chi connectivity index (χ4n) is 2.14. The van der Waals surface area contributed by atoms with Crippen LogP contribution < -0.4 is 0 Å². The van der Waals surface area contributed by atoms with E-state index in [4.69, 9.17) is 23.2 Å². The van der Waals surface area contributed by atoms with Gasteiger partial charge in [0.05, 0.1) is 11.2 Å². The summed E-state index contributed by atoms with van der Waals surface area (Å²) < 4.78 is 0. The van der Waals surface area contributed by atoms with Crippen molar-refractivity contribution in [1.82, 2.24) is 9.88 Å². The molecule has 1 amide bonds. The standard InChI is InChI=1S/C12H14Cl2N2O2/c1-12(18)5-2-6-16(7-12)11(17)8-3-4-9(13)15-10(8)14/h3-4,18H,2,5-7H2,1H3. The predicted octanol–water partition coefficient (Wildman–Crippen LogP) is 2.38. The number of β-amino-alcohol motifs (C(OH)–C–C–N with tert-alkyl or cyclic N) is 1. The zero-order valence-electron chi connectivity index (χ0n) is 9.99. The average Bonchev–Trinajstić information content (AvgIpc) is 2.27. The SMILES string of the molecule is CC1(O)CCCN(C(=O)c2ccc(Cl)nc2Cl)C1. The maximum Gasteiger partial charge on any atom is 0.257 e. The second kappa shape index (κ2) is 5.03. The van der Waals surface area contributed by atoms with Gasteiger partial charge < -0.3 is 10.0 Å². The summed E-state index contributed by atoms with van der Waals surface area (Å²) in [6.07, 6.45) is 1.47. The van der Waals surface area contributed by atoms with E-state index in [9.17, 15) is 9.90 Å². The Morgan fingerprint density at radius 2 is 2.22 bits per heavy atom. The van der Waals surface area contributed by atoms with Crippen molar-refractivity contribution < 1.29 is 9.90 Å². The van der Waals surface area contributed by atoms with Crippen molar-refractivity contribution in [3.63, 3.8) is 0 Å². The number of halogens is 2. The molecule has 1 aromatic rings. The highest BCUT2D eigenvalue weighted by Crippen LogP contribution is 2.24. The molecule has 1 aromatic heterocycles. The Bertz CT molecular complexity index is 477. The molecule has 2 heterocycles. The van der Waals surface area contributed by atoms with Crippen LogP contribution in [0.25, 0.3) is 0 Å². The van der Waals surface area contributed by atoms with Crippen molar-refractivity contribution in [3.05, 3.63) is 28.0 Å². The molecule has 1 N–H and O–H groups in total. The molecule has 2 rings (SSSR count). The summed E-state index contributed by atoms with van der Waals surface area (Å²) >= 11 is 11.6. The minimum absolute atomic E-state index is 0.0951. The van der Waals surface area contributed by atoms with Crippen LogP contribution in [0.4, 0.5) is 0 Å². The Morgan fingerprint density at radius 3 is 2.83 bits per heavy atom. The fourth-order valence-corrected chi connectivity index (χ4v) is 2.56. The summed E-state index contributed by atoms with van der Waals surface area (Å²) in [6, 6.07) is 3.09. The van der Waals surface area contributed by atoms with Crippen molar-refractivity contribution in [1.29, 1.82) is 0 Å². The number of aromatic nitrogens is 1. The van der Waals surface area contributed by atoms with Gasteiger partial charge in [-0.15, -0.1) is 0 Å². The molecule has 1 atom stereocenters. The molecule has 1 aliphatic heterocycles. The Hall–Kier alpha value is -0.840. The van der Waals surface area contributed by atoms with Crippen molar-refractivity contribution >= 4 is 29.1 Å². The Balaban J connectivity index is 2.20. The summed E-state index contributed by atoms with van der Waals surface area (Å²) in [7, 11) is 0. The third-order valence-corrected chi connectivity index (χ3v) is 3.51. The molecule has 18 heavy (non-hydrogen) atoms. The van der Waals surface area contributed by atoms with Gasteiger partial charge in [0.2, 0.25) is 0 Å². The smallest absolute Gasteiger partial charge is 0.257 e. The van der Waals surface area contributed by atoms with Crippen molar-refractivity contribution in [3.8, 4) is 0 Å². The van der Waals surface area contributed by atoms with E-state index < -0.39 is 5.60 Å². The van der Waals surface area contributed by atoms with E-state index in [-0.39, 0.29) is 16.2 Å². The molecule has 0 bridgehead atoms. The third-order valence-electron chi connectivity index (χ3n) is 3.01. The lowest BCUT2D eigenvalue weighted by atomic mass is 9.95. The van der Waals surface area contributed by atoms with Crippen molar-refractivity contribution in [2.45, 2.75) is 25.4 Å². The zero-order valence-corrected chi connectivity index (χ0v) is 11.5. The first kappa shape index (κ1) is 13.6. The van der Waals surface area contributed by atoms with Crippen LogP contribution in [-0.2, 0) is 0 Å². The zero-order chi connectivity index (χ0) is 13.3. The number of nitrogens with zero attached hydrogens (tertiary/aromatic N) is 2. The van der Waals surface area contributed by atoms with Crippen LogP contribution in [0.2, 0.25) is 10.3 Å². The van der Waals surface area contributed by atoms with E-state index in [1.165, 1.54) is 6.07 Å². The van der Waals surface area contributed by atoms with E-state index in [1.807, 2.05) is 0 Å². The Labute approximate surface area is 116 Å². The molecule has 1 aliphatic rings. The van der Waals surface area contributed by atoms with Gasteiger partial charge in [-0.1, -0.05) is 23.2 Å². The summed E-state index contributed by atoms with van der Waals surface area (Å²) in [5, 5.41) is 10.3. The largest absolute Gasteiger partial charge is 0.388 e. The molecule has 1 fully saturated rings. The van der Waals surface area contributed by atoms with Crippen LogP contribution in [-0.4, -0.2) is 39.6 Å². The van der Waals surface area contributed by atoms with Gasteiger partial charge in [-0.3, -0.25) is 4.79 Å². The van der Waals surface area contributed by atoms with Gasteiger partial charge >= 0.3 is 0 Å². The number of piperidine rings is 1. The fraction of sp³-hybridized carbons (Fsp3) is 0.500. The molecule has 1 saturated heterocycles. The maximum absolute atomic E-state index is 12.3. The van der Waals surface area contributed by atoms with Crippen LogP contribution in [0.5, 0.6) is 0 Å². The van der Waals surface area contributed by atoms with Gasteiger partial charge in [0.15, 0.2) is 0 Å². The first-order valence-corrected chi connectivity index (χ1v) is 6.48. The lowest BCUT2D eigenvalue weighted by Gasteiger charge is -2.36. The molecule has 0 aromatic carbocycles. The number of pyridine rings is 1. The minimum Gasteiger partial charge on any atom is -0.388 e. The van der Waals surface area contributed by atoms with E-state index in [0.717, 1.165) is 6.42 Å². The number of hydrogen-bond acceptors (Lipinski definition) is 3. The van der Waals surface area contributed by atoms with Crippen LogP contribution in [0.1, 0.15) is 30.1 Å². The van der Waals surface area contributed by atoms with E-state index in [1.54, 1.807) is 17.9 Å². The summed E-state index contributed by atoms with van der Waals surface area (Å²) in [4.78, 5) is 17.7. The third kappa shape index (κ3) is 2.94. The van der Waals surface area contributed by atoms with Gasteiger partial charge in [0.1, 0.15) is 10.3 Å². The molecule has 0 radical (unpaired) electrons. The van der Waals surface area contributed by atoms with Gasteiger partial charge in [0, 0.05) is 13.1 Å². The van der Waals surface area contributed by atoms with Crippen molar-refractivity contribution in [2.24, 2.45) is 0 Å². The van der Waals surface area contributed by atoms with Gasteiger partial charge in [0.25, 0.3) is 5.91 Å². The minimum atomic E-state index is -0.833. The molecular formula is C12H14Cl2N2O2. The van der Waals surface area contributed by atoms with Crippen LogP contribution in [0.3, 0.4) is 0 Å². The molecule has 98 valence electrons. The topological polar surface area (TPSA) is 53.4 Å². The highest BCUT2D eigenvalue weighted by atomic mass is 35.5. The number of aliphatic hydroxyl groups is 1. The van der Waals surface area contributed by atoms with Crippen LogP contribution in [0.15, 0.2) is 12.1 Å². The molecule has 0 aliphatic carbocycles.